The van der Waals surface area contributed by atoms with Gasteiger partial charge in [-0.05, 0) is 23.3 Å². The number of nitro groups is 1. The van der Waals surface area contributed by atoms with Gasteiger partial charge in [0.2, 0.25) is 0 Å². The Morgan fingerprint density at radius 1 is 1.13 bits per heavy atom. The van der Waals surface area contributed by atoms with Crippen molar-refractivity contribution in [3.05, 3.63) is 88.0 Å². The number of nitrogen functional groups attached to an aromatic ring is 1. The van der Waals surface area contributed by atoms with Gasteiger partial charge in [-0.1, -0.05) is 24.3 Å². The first-order valence-corrected chi connectivity index (χ1v) is 7.19. The molecule has 0 saturated heterocycles. The van der Waals surface area contributed by atoms with Crippen molar-refractivity contribution in [3.63, 3.8) is 0 Å². The lowest BCUT2D eigenvalue weighted by Gasteiger charge is -2.08. The van der Waals surface area contributed by atoms with Crippen molar-refractivity contribution in [2.75, 3.05) is 5.73 Å². The lowest BCUT2D eigenvalue weighted by Crippen LogP contribution is -2.05. The quantitative estimate of drug-likeness (QED) is 0.446. The van der Waals surface area contributed by atoms with Crippen LogP contribution in [0.3, 0.4) is 0 Å². The average molecular weight is 308 g/mol. The summed E-state index contributed by atoms with van der Waals surface area (Å²) in [4.78, 5) is 14.8. The van der Waals surface area contributed by atoms with Crippen LogP contribution in [0.25, 0.3) is 0 Å². The molecule has 23 heavy (non-hydrogen) atoms. The van der Waals surface area contributed by atoms with Crippen molar-refractivity contribution in [1.29, 1.82) is 0 Å². The lowest BCUT2D eigenvalue weighted by atomic mass is 10.1. The van der Waals surface area contributed by atoms with Crippen LogP contribution >= 0.6 is 0 Å². The maximum atomic E-state index is 10.9. The van der Waals surface area contributed by atoms with E-state index in [4.69, 9.17) is 5.73 Å². The molecule has 3 rings (SSSR count). The molecule has 6 heteroatoms. The minimum absolute atomic E-state index is 0.0964. The van der Waals surface area contributed by atoms with Crippen molar-refractivity contribution in [2.24, 2.45) is 0 Å². The average Bonchev–Trinajstić information content (AvgIpc) is 2.97. The number of aromatic nitrogens is 2. The number of nitrogens with two attached hydrogens (primary N) is 1. The molecule has 2 aromatic carbocycles. The summed E-state index contributed by atoms with van der Waals surface area (Å²) < 4.78 is 2.03. The third kappa shape index (κ3) is 3.55. The second-order valence-electron chi connectivity index (χ2n) is 5.32. The van der Waals surface area contributed by atoms with E-state index in [9.17, 15) is 10.1 Å². The van der Waals surface area contributed by atoms with Crippen LogP contribution in [-0.2, 0) is 13.0 Å². The Bertz CT molecular complexity index is 825. The molecule has 0 bridgehead atoms. The van der Waals surface area contributed by atoms with Gasteiger partial charge in [-0.2, -0.15) is 0 Å². The summed E-state index contributed by atoms with van der Waals surface area (Å²) in [5.41, 5.74) is 8.51. The number of imidazole rings is 1. The first kappa shape index (κ1) is 14.8. The van der Waals surface area contributed by atoms with Gasteiger partial charge in [-0.15, -0.1) is 0 Å². The number of hydrogen-bond donors (Lipinski definition) is 1. The Morgan fingerprint density at radius 3 is 2.65 bits per heavy atom. The molecule has 2 N–H and O–H groups in total. The fourth-order valence-corrected chi connectivity index (χ4v) is 2.43. The van der Waals surface area contributed by atoms with Crippen molar-refractivity contribution in [2.45, 2.75) is 13.0 Å². The predicted octanol–water partition coefficient (Wildman–Crippen LogP) is 3.01. The molecule has 3 aromatic rings. The van der Waals surface area contributed by atoms with E-state index in [1.807, 2.05) is 41.1 Å². The van der Waals surface area contributed by atoms with Crippen molar-refractivity contribution in [1.82, 2.24) is 9.55 Å². The fourth-order valence-electron chi connectivity index (χ4n) is 2.43. The third-order valence-electron chi connectivity index (χ3n) is 3.62. The van der Waals surface area contributed by atoms with Crippen LogP contribution in [0.2, 0.25) is 0 Å². The highest BCUT2D eigenvalue weighted by atomic mass is 16.6. The van der Waals surface area contributed by atoms with Crippen LogP contribution in [-0.4, -0.2) is 14.5 Å². The number of benzene rings is 2. The molecule has 0 fully saturated rings. The summed E-state index contributed by atoms with van der Waals surface area (Å²) in [5.74, 6) is 0.863. The molecule has 0 aliphatic rings. The lowest BCUT2D eigenvalue weighted by molar-refractivity contribution is -0.384. The van der Waals surface area contributed by atoms with Gasteiger partial charge in [0.25, 0.3) is 5.69 Å². The van der Waals surface area contributed by atoms with Gasteiger partial charge in [0.15, 0.2) is 0 Å². The molecule has 0 radical (unpaired) electrons. The molecular formula is C17H16N4O2. The van der Waals surface area contributed by atoms with Gasteiger partial charge in [0.1, 0.15) is 5.82 Å². The number of anilines is 1. The highest BCUT2D eigenvalue weighted by Crippen LogP contribution is 2.17. The first-order chi connectivity index (χ1) is 11.1. The predicted molar refractivity (Wildman–Crippen MR) is 88.1 cm³/mol. The van der Waals surface area contributed by atoms with Crippen LogP contribution < -0.4 is 5.73 Å². The molecule has 0 unspecified atom stereocenters. The monoisotopic (exact) mass is 308 g/mol. The number of non-ortho nitro benzene ring substituents is 1. The minimum Gasteiger partial charge on any atom is -0.399 e. The number of nitro benzene ring substituents is 1. The van der Waals surface area contributed by atoms with Crippen LogP contribution in [0.1, 0.15) is 17.0 Å². The summed E-state index contributed by atoms with van der Waals surface area (Å²) in [7, 11) is 0. The van der Waals surface area contributed by atoms with E-state index < -0.39 is 0 Å². The molecule has 0 aliphatic heterocycles. The van der Waals surface area contributed by atoms with Gasteiger partial charge < -0.3 is 10.3 Å². The smallest absolute Gasteiger partial charge is 0.269 e. The van der Waals surface area contributed by atoms with Crippen LogP contribution in [0.5, 0.6) is 0 Å². The van der Waals surface area contributed by atoms with E-state index in [0.29, 0.717) is 13.0 Å². The first-order valence-electron chi connectivity index (χ1n) is 7.19. The SMILES string of the molecule is Nc1ccc(Cn2ccnc2Cc2cccc([N+](=O)[O-])c2)cc1. The Morgan fingerprint density at radius 2 is 1.91 bits per heavy atom. The number of hydrogen-bond acceptors (Lipinski definition) is 4. The van der Waals surface area contributed by atoms with Crippen LogP contribution in [0, 0.1) is 10.1 Å². The molecular weight excluding hydrogens is 292 g/mol. The highest BCUT2D eigenvalue weighted by molar-refractivity contribution is 5.39. The van der Waals surface area contributed by atoms with Crippen molar-refractivity contribution in [3.8, 4) is 0 Å². The summed E-state index contributed by atoms with van der Waals surface area (Å²) in [6, 6.07) is 14.3. The zero-order chi connectivity index (χ0) is 16.2. The van der Waals surface area contributed by atoms with Crippen LogP contribution in [0.4, 0.5) is 11.4 Å². The topological polar surface area (TPSA) is 87.0 Å². The van der Waals surface area contributed by atoms with Gasteiger partial charge in [0, 0.05) is 43.2 Å². The molecule has 0 saturated carbocycles. The summed E-state index contributed by atoms with van der Waals surface area (Å²) in [5, 5.41) is 10.9. The maximum Gasteiger partial charge on any atom is 0.269 e. The Hall–Kier alpha value is -3.15. The summed E-state index contributed by atoms with van der Waals surface area (Å²) in [6.07, 6.45) is 4.19. The highest BCUT2D eigenvalue weighted by Gasteiger charge is 2.09. The maximum absolute atomic E-state index is 10.9. The number of rotatable bonds is 5. The normalized spacial score (nSPS) is 10.6. The van der Waals surface area contributed by atoms with Crippen molar-refractivity contribution >= 4 is 11.4 Å². The second-order valence-corrected chi connectivity index (χ2v) is 5.32. The Kier molecular flexibility index (Phi) is 4.05. The van der Waals surface area contributed by atoms with E-state index in [0.717, 1.165) is 22.6 Å². The van der Waals surface area contributed by atoms with E-state index >= 15 is 0 Å². The Labute approximate surface area is 133 Å². The largest absolute Gasteiger partial charge is 0.399 e. The van der Waals surface area contributed by atoms with Gasteiger partial charge in [-0.25, -0.2) is 4.98 Å². The van der Waals surface area contributed by atoms with E-state index in [-0.39, 0.29) is 10.6 Å². The Balaban J connectivity index is 1.79. The third-order valence-corrected chi connectivity index (χ3v) is 3.62. The number of nitrogens with zero attached hydrogens (tertiary/aromatic N) is 3. The molecule has 116 valence electrons. The van der Waals surface area contributed by atoms with Crippen LogP contribution in [0.15, 0.2) is 60.9 Å². The molecule has 0 amide bonds. The van der Waals surface area contributed by atoms with E-state index in [1.54, 1.807) is 18.3 Å². The van der Waals surface area contributed by atoms with E-state index in [2.05, 4.69) is 4.98 Å². The van der Waals surface area contributed by atoms with Crippen molar-refractivity contribution < 1.29 is 4.92 Å². The van der Waals surface area contributed by atoms with E-state index in [1.165, 1.54) is 6.07 Å². The molecule has 0 aliphatic carbocycles. The van der Waals surface area contributed by atoms with Gasteiger partial charge in [0.05, 0.1) is 4.92 Å². The fraction of sp³-hybridized carbons (Fsp3) is 0.118. The zero-order valence-corrected chi connectivity index (χ0v) is 12.4. The molecule has 0 atom stereocenters. The molecule has 1 aromatic heterocycles. The zero-order valence-electron chi connectivity index (χ0n) is 12.4. The van der Waals surface area contributed by atoms with Gasteiger partial charge in [-0.3, -0.25) is 10.1 Å². The molecule has 6 nitrogen and oxygen atoms in total. The minimum atomic E-state index is -0.385. The summed E-state index contributed by atoms with van der Waals surface area (Å²) in [6.45, 7) is 0.685. The molecule has 0 spiro atoms. The summed E-state index contributed by atoms with van der Waals surface area (Å²) >= 11 is 0. The standard InChI is InChI=1S/C17H16N4O2/c18-15-6-4-13(5-7-15)12-20-9-8-19-17(20)11-14-2-1-3-16(10-14)21(22)23/h1-10H,11-12,18H2. The van der Waals surface area contributed by atoms with Gasteiger partial charge >= 0.3 is 0 Å². The molecule has 1 heterocycles. The second kappa shape index (κ2) is 6.31.